The van der Waals surface area contributed by atoms with Crippen LogP contribution in [0.25, 0.3) is 0 Å². The van der Waals surface area contributed by atoms with Crippen LogP contribution in [0.1, 0.15) is 55.8 Å². The maximum absolute atomic E-state index is 9.89. The molecule has 4 rings (SSSR count). The molecule has 1 N–H and O–H groups in total. The number of aliphatic hydroxyl groups excluding tert-OH is 1. The van der Waals surface area contributed by atoms with E-state index in [-0.39, 0.29) is 6.61 Å². The first kappa shape index (κ1) is 17.2. The maximum atomic E-state index is 9.89. The molecular formula is C20H32N4O. The number of nitrogens with zero attached hydrogens (tertiary/aromatic N) is 4. The summed E-state index contributed by atoms with van der Waals surface area (Å²) in [5, 5.41) is 9.89. The van der Waals surface area contributed by atoms with Gasteiger partial charge in [0.1, 0.15) is 0 Å². The number of piperidine rings is 1. The Morgan fingerprint density at radius 1 is 1.04 bits per heavy atom. The molecule has 0 amide bonds. The van der Waals surface area contributed by atoms with Crippen molar-refractivity contribution >= 4 is 5.95 Å². The van der Waals surface area contributed by atoms with Gasteiger partial charge in [0.2, 0.25) is 5.95 Å². The van der Waals surface area contributed by atoms with Crippen molar-refractivity contribution in [3.8, 4) is 0 Å². The molecule has 2 saturated heterocycles. The lowest BCUT2D eigenvalue weighted by Crippen LogP contribution is -2.37. The van der Waals surface area contributed by atoms with Crippen LogP contribution in [0.15, 0.2) is 6.07 Å². The van der Waals surface area contributed by atoms with Crippen molar-refractivity contribution in [2.45, 2.75) is 51.4 Å². The molecule has 1 aliphatic carbocycles. The second-order valence-electron chi connectivity index (χ2n) is 8.33. The highest BCUT2D eigenvalue weighted by atomic mass is 16.3. The number of likely N-dealkylation sites (tertiary alicyclic amines) is 1. The van der Waals surface area contributed by atoms with Gasteiger partial charge in [-0.1, -0.05) is 12.8 Å². The fourth-order valence-electron chi connectivity index (χ4n) is 4.62. The van der Waals surface area contributed by atoms with Gasteiger partial charge in [0.15, 0.2) is 0 Å². The molecule has 0 spiro atoms. The van der Waals surface area contributed by atoms with E-state index in [4.69, 9.17) is 9.97 Å². The molecule has 138 valence electrons. The zero-order chi connectivity index (χ0) is 17.2. The summed E-state index contributed by atoms with van der Waals surface area (Å²) in [5.41, 5.74) is 2.31. The zero-order valence-electron chi connectivity index (χ0n) is 15.5. The standard InChI is InChI=1S/C20H32N4O/c1-15-10-19(16-6-5-7-16)22-20(21-15)24-12-17(18(13-24)14-25)11-23-8-3-2-4-9-23/h10,16-18,25H,2-9,11-14H2,1H3/t17-,18-/m0/s1. The summed E-state index contributed by atoms with van der Waals surface area (Å²) >= 11 is 0. The van der Waals surface area contributed by atoms with Crippen LogP contribution in [-0.4, -0.2) is 59.3 Å². The minimum atomic E-state index is 0.274. The third-order valence-corrected chi connectivity index (χ3v) is 6.42. The molecule has 2 atom stereocenters. The van der Waals surface area contributed by atoms with Crippen molar-refractivity contribution in [1.82, 2.24) is 14.9 Å². The summed E-state index contributed by atoms with van der Waals surface area (Å²) in [6.07, 6.45) is 7.90. The van der Waals surface area contributed by atoms with E-state index in [1.165, 1.54) is 57.3 Å². The second-order valence-corrected chi connectivity index (χ2v) is 8.33. The van der Waals surface area contributed by atoms with Crippen LogP contribution in [0.4, 0.5) is 5.95 Å². The molecule has 0 radical (unpaired) electrons. The SMILES string of the molecule is Cc1cc(C2CCC2)nc(N2C[C@@H](CO)[C@@H](CN3CCCCC3)C2)n1. The van der Waals surface area contributed by atoms with Gasteiger partial charge in [0, 0.05) is 49.5 Å². The summed E-state index contributed by atoms with van der Waals surface area (Å²) in [5.74, 6) is 2.40. The predicted molar refractivity (Wildman–Crippen MR) is 99.9 cm³/mol. The van der Waals surface area contributed by atoms with Crippen molar-refractivity contribution in [1.29, 1.82) is 0 Å². The lowest BCUT2D eigenvalue weighted by molar-refractivity contribution is 0.149. The summed E-state index contributed by atoms with van der Waals surface area (Å²) in [7, 11) is 0. The van der Waals surface area contributed by atoms with Crippen molar-refractivity contribution in [2.24, 2.45) is 11.8 Å². The third-order valence-electron chi connectivity index (χ3n) is 6.42. The van der Waals surface area contributed by atoms with Gasteiger partial charge in [-0.05, 0) is 57.7 Å². The molecule has 25 heavy (non-hydrogen) atoms. The molecular weight excluding hydrogens is 312 g/mol. The summed E-state index contributed by atoms with van der Waals surface area (Å²) in [6.45, 7) is 7.79. The first-order valence-electron chi connectivity index (χ1n) is 10.2. The van der Waals surface area contributed by atoms with Crippen LogP contribution >= 0.6 is 0 Å². The largest absolute Gasteiger partial charge is 0.396 e. The molecule has 1 aromatic heterocycles. The highest BCUT2D eigenvalue weighted by Crippen LogP contribution is 2.36. The maximum Gasteiger partial charge on any atom is 0.225 e. The second kappa shape index (κ2) is 7.58. The molecule has 1 aromatic rings. The Morgan fingerprint density at radius 3 is 2.48 bits per heavy atom. The minimum absolute atomic E-state index is 0.274. The molecule has 0 aromatic carbocycles. The Hall–Kier alpha value is -1.20. The summed E-state index contributed by atoms with van der Waals surface area (Å²) in [4.78, 5) is 14.6. The van der Waals surface area contributed by atoms with Gasteiger partial charge in [0.25, 0.3) is 0 Å². The van der Waals surface area contributed by atoms with Gasteiger partial charge in [-0.25, -0.2) is 9.97 Å². The van der Waals surface area contributed by atoms with E-state index in [0.717, 1.165) is 31.3 Å². The average Bonchev–Trinajstić information content (AvgIpc) is 2.97. The smallest absolute Gasteiger partial charge is 0.225 e. The number of rotatable bonds is 5. The summed E-state index contributed by atoms with van der Waals surface area (Å²) < 4.78 is 0. The Labute approximate surface area is 151 Å². The minimum Gasteiger partial charge on any atom is -0.396 e. The van der Waals surface area contributed by atoms with Crippen molar-refractivity contribution in [2.75, 3.05) is 44.2 Å². The number of hydrogen-bond acceptors (Lipinski definition) is 5. The monoisotopic (exact) mass is 344 g/mol. The molecule has 3 heterocycles. The first-order chi connectivity index (χ1) is 12.2. The van der Waals surface area contributed by atoms with Gasteiger partial charge < -0.3 is 14.9 Å². The first-order valence-corrected chi connectivity index (χ1v) is 10.2. The van der Waals surface area contributed by atoms with Crippen molar-refractivity contribution in [3.63, 3.8) is 0 Å². The number of aromatic nitrogens is 2. The van der Waals surface area contributed by atoms with Crippen LogP contribution in [0.3, 0.4) is 0 Å². The quantitative estimate of drug-likeness (QED) is 0.890. The van der Waals surface area contributed by atoms with Crippen LogP contribution in [0.2, 0.25) is 0 Å². The van der Waals surface area contributed by atoms with Crippen molar-refractivity contribution in [3.05, 3.63) is 17.5 Å². The lowest BCUT2D eigenvalue weighted by Gasteiger charge is -2.30. The molecule has 5 heteroatoms. The van der Waals surface area contributed by atoms with Gasteiger partial charge >= 0.3 is 0 Å². The topological polar surface area (TPSA) is 52.5 Å². The number of anilines is 1. The van der Waals surface area contributed by atoms with Crippen LogP contribution in [-0.2, 0) is 0 Å². The molecule has 2 aliphatic heterocycles. The van der Waals surface area contributed by atoms with E-state index in [1.807, 2.05) is 0 Å². The van der Waals surface area contributed by atoms with E-state index in [1.54, 1.807) is 0 Å². The van der Waals surface area contributed by atoms with Gasteiger partial charge in [-0.15, -0.1) is 0 Å². The van der Waals surface area contributed by atoms with Gasteiger partial charge in [-0.3, -0.25) is 0 Å². The van der Waals surface area contributed by atoms with Crippen molar-refractivity contribution < 1.29 is 5.11 Å². The Balaban J connectivity index is 1.46. The molecule has 0 unspecified atom stereocenters. The molecule has 3 fully saturated rings. The molecule has 1 saturated carbocycles. The normalized spacial score (nSPS) is 28.3. The molecule has 5 nitrogen and oxygen atoms in total. The zero-order valence-corrected chi connectivity index (χ0v) is 15.5. The lowest BCUT2D eigenvalue weighted by atomic mass is 9.83. The number of aliphatic hydroxyl groups is 1. The summed E-state index contributed by atoms with van der Waals surface area (Å²) in [6, 6.07) is 2.16. The van der Waals surface area contributed by atoms with Crippen LogP contribution in [0.5, 0.6) is 0 Å². The van der Waals surface area contributed by atoms with E-state index in [2.05, 4.69) is 22.8 Å². The Morgan fingerprint density at radius 2 is 1.80 bits per heavy atom. The number of hydrogen-bond donors (Lipinski definition) is 1. The van der Waals surface area contributed by atoms with Gasteiger partial charge in [-0.2, -0.15) is 0 Å². The van der Waals surface area contributed by atoms with Crippen LogP contribution in [0, 0.1) is 18.8 Å². The fourth-order valence-corrected chi connectivity index (χ4v) is 4.62. The average molecular weight is 345 g/mol. The fraction of sp³-hybridized carbons (Fsp3) is 0.800. The van der Waals surface area contributed by atoms with E-state index < -0.39 is 0 Å². The van der Waals surface area contributed by atoms with E-state index >= 15 is 0 Å². The van der Waals surface area contributed by atoms with Crippen LogP contribution < -0.4 is 4.90 Å². The number of aryl methyl sites for hydroxylation is 1. The Bertz CT molecular complexity index is 583. The Kier molecular flexibility index (Phi) is 5.23. The molecule has 3 aliphatic rings. The third kappa shape index (κ3) is 3.82. The predicted octanol–water partition coefficient (Wildman–Crippen LogP) is 2.58. The highest BCUT2D eigenvalue weighted by molar-refractivity contribution is 5.36. The highest BCUT2D eigenvalue weighted by Gasteiger charge is 2.35. The van der Waals surface area contributed by atoms with E-state index in [0.29, 0.717) is 17.8 Å². The van der Waals surface area contributed by atoms with E-state index in [9.17, 15) is 5.11 Å². The van der Waals surface area contributed by atoms with Gasteiger partial charge in [0.05, 0.1) is 0 Å². The molecule has 0 bridgehead atoms.